The summed E-state index contributed by atoms with van der Waals surface area (Å²) in [5.41, 5.74) is 1.30. The first-order valence-corrected chi connectivity index (χ1v) is 8.46. The van der Waals surface area contributed by atoms with Crippen molar-refractivity contribution in [2.75, 3.05) is 18.6 Å². The fraction of sp³-hybridized carbons (Fsp3) is 0.786. The van der Waals surface area contributed by atoms with Crippen LogP contribution in [0.2, 0.25) is 0 Å². The van der Waals surface area contributed by atoms with Crippen molar-refractivity contribution in [2.24, 2.45) is 0 Å². The Kier molecular flexibility index (Phi) is 9.04. The highest BCUT2D eigenvalue weighted by atomic mass is 32.2. The number of unbranched alkanes of at least 4 members (excludes halogenated alkanes) is 3. The first kappa shape index (κ1) is 15.6. The molecule has 4 heteroatoms. The van der Waals surface area contributed by atoms with Crippen LogP contribution in [0.1, 0.15) is 44.7 Å². The largest absolute Gasteiger partial charge is 0.333 e. The van der Waals surface area contributed by atoms with Gasteiger partial charge in [-0.25, -0.2) is 4.98 Å². The van der Waals surface area contributed by atoms with Crippen molar-refractivity contribution in [3.63, 3.8) is 0 Å². The van der Waals surface area contributed by atoms with E-state index in [0.29, 0.717) is 0 Å². The molecular weight excluding hydrogens is 242 g/mol. The van der Waals surface area contributed by atoms with Gasteiger partial charge in [0.25, 0.3) is 0 Å². The maximum atomic E-state index is 4.21. The number of rotatable bonds is 11. The standard InChI is InChI=1S/C14H27N3S/c1-3-9-17-13-16-12-14(17)11-15-8-6-4-5-7-10-18-2/h12-13,15H,3-11H2,1-2H3. The highest BCUT2D eigenvalue weighted by Crippen LogP contribution is 2.04. The monoisotopic (exact) mass is 269 g/mol. The topological polar surface area (TPSA) is 29.9 Å². The molecule has 0 aliphatic rings. The van der Waals surface area contributed by atoms with Gasteiger partial charge >= 0.3 is 0 Å². The van der Waals surface area contributed by atoms with E-state index in [1.165, 1.54) is 43.6 Å². The smallest absolute Gasteiger partial charge is 0.0948 e. The molecule has 0 aliphatic carbocycles. The molecule has 0 fully saturated rings. The molecule has 0 spiro atoms. The molecule has 0 amide bonds. The molecule has 1 heterocycles. The predicted molar refractivity (Wildman–Crippen MR) is 81.1 cm³/mol. The molecule has 3 nitrogen and oxygen atoms in total. The molecule has 0 bridgehead atoms. The molecular formula is C14H27N3S. The lowest BCUT2D eigenvalue weighted by Gasteiger charge is -2.08. The number of nitrogens with one attached hydrogen (secondary N) is 1. The van der Waals surface area contributed by atoms with Gasteiger partial charge in [0, 0.05) is 19.3 Å². The Morgan fingerprint density at radius 2 is 2.11 bits per heavy atom. The number of nitrogens with zero attached hydrogens (tertiary/aromatic N) is 2. The first-order valence-electron chi connectivity index (χ1n) is 7.07. The number of aromatic nitrogens is 2. The molecule has 104 valence electrons. The molecule has 18 heavy (non-hydrogen) atoms. The number of hydrogen-bond donors (Lipinski definition) is 1. The summed E-state index contributed by atoms with van der Waals surface area (Å²) in [5, 5.41) is 3.51. The molecule has 0 saturated carbocycles. The second kappa shape index (κ2) is 10.4. The van der Waals surface area contributed by atoms with Gasteiger partial charge < -0.3 is 9.88 Å². The van der Waals surface area contributed by atoms with Gasteiger partial charge in [-0.3, -0.25) is 0 Å². The minimum atomic E-state index is 0.949. The Morgan fingerprint density at radius 3 is 2.89 bits per heavy atom. The van der Waals surface area contributed by atoms with Gasteiger partial charge in [0.05, 0.1) is 12.0 Å². The van der Waals surface area contributed by atoms with Crippen LogP contribution in [0.4, 0.5) is 0 Å². The van der Waals surface area contributed by atoms with Gasteiger partial charge in [-0.05, 0) is 37.8 Å². The molecule has 1 aromatic rings. The summed E-state index contributed by atoms with van der Waals surface area (Å²) in [5.74, 6) is 1.31. The van der Waals surface area contributed by atoms with Crippen LogP contribution < -0.4 is 5.32 Å². The molecule has 1 N–H and O–H groups in total. The molecule has 0 aromatic carbocycles. The van der Waals surface area contributed by atoms with E-state index in [1.54, 1.807) is 0 Å². The highest BCUT2D eigenvalue weighted by molar-refractivity contribution is 7.98. The summed E-state index contributed by atoms with van der Waals surface area (Å²) in [6, 6.07) is 0. The minimum Gasteiger partial charge on any atom is -0.333 e. The second-order valence-corrected chi connectivity index (χ2v) is 5.65. The van der Waals surface area contributed by atoms with E-state index in [2.05, 4.69) is 28.0 Å². The Morgan fingerprint density at radius 1 is 1.28 bits per heavy atom. The zero-order chi connectivity index (χ0) is 13.1. The molecule has 0 atom stereocenters. The molecule has 0 saturated heterocycles. The van der Waals surface area contributed by atoms with E-state index >= 15 is 0 Å². The van der Waals surface area contributed by atoms with Gasteiger partial charge in [-0.15, -0.1) is 0 Å². The Hall–Kier alpha value is -0.480. The third-order valence-corrected chi connectivity index (χ3v) is 3.72. The van der Waals surface area contributed by atoms with E-state index in [0.717, 1.165) is 19.6 Å². The van der Waals surface area contributed by atoms with Gasteiger partial charge in [0.2, 0.25) is 0 Å². The Balaban J connectivity index is 2.01. The molecule has 0 radical (unpaired) electrons. The predicted octanol–water partition coefficient (Wildman–Crippen LogP) is 3.31. The van der Waals surface area contributed by atoms with E-state index in [-0.39, 0.29) is 0 Å². The average molecular weight is 269 g/mol. The first-order chi connectivity index (χ1) is 8.88. The van der Waals surface area contributed by atoms with Crippen LogP contribution in [0.15, 0.2) is 12.5 Å². The van der Waals surface area contributed by atoms with Crippen molar-refractivity contribution in [3.05, 3.63) is 18.2 Å². The van der Waals surface area contributed by atoms with Crippen LogP contribution in [-0.4, -0.2) is 28.1 Å². The van der Waals surface area contributed by atoms with Crippen molar-refractivity contribution >= 4 is 11.8 Å². The maximum absolute atomic E-state index is 4.21. The van der Waals surface area contributed by atoms with Crippen molar-refractivity contribution in [3.8, 4) is 0 Å². The Bertz CT molecular complexity index is 299. The van der Waals surface area contributed by atoms with Crippen LogP contribution in [0, 0.1) is 0 Å². The Labute approximate surface area is 116 Å². The van der Waals surface area contributed by atoms with Crippen LogP contribution in [-0.2, 0) is 13.1 Å². The van der Waals surface area contributed by atoms with E-state index in [1.807, 2.05) is 24.3 Å². The fourth-order valence-electron chi connectivity index (χ4n) is 2.00. The number of aryl methyl sites for hydroxylation is 1. The minimum absolute atomic E-state index is 0.949. The quantitative estimate of drug-likeness (QED) is 0.625. The van der Waals surface area contributed by atoms with Gasteiger partial charge in [0.15, 0.2) is 0 Å². The lowest BCUT2D eigenvalue weighted by Crippen LogP contribution is -2.17. The summed E-state index contributed by atoms with van der Waals surface area (Å²) in [4.78, 5) is 4.21. The molecule has 1 aromatic heterocycles. The third kappa shape index (κ3) is 6.45. The summed E-state index contributed by atoms with van der Waals surface area (Å²) >= 11 is 1.95. The fourth-order valence-corrected chi connectivity index (χ4v) is 2.50. The average Bonchev–Trinajstić information content (AvgIpc) is 2.81. The zero-order valence-electron chi connectivity index (χ0n) is 11.8. The zero-order valence-corrected chi connectivity index (χ0v) is 12.6. The number of hydrogen-bond acceptors (Lipinski definition) is 3. The van der Waals surface area contributed by atoms with Gasteiger partial charge in [-0.1, -0.05) is 19.8 Å². The van der Waals surface area contributed by atoms with Crippen molar-refractivity contribution in [1.29, 1.82) is 0 Å². The molecule has 0 aliphatic heterocycles. The normalized spacial score (nSPS) is 11.0. The highest BCUT2D eigenvalue weighted by Gasteiger charge is 2.00. The van der Waals surface area contributed by atoms with Gasteiger partial charge in [0.1, 0.15) is 0 Å². The summed E-state index contributed by atoms with van der Waals surface area (Å²) in [7, 11) is 0. The van der Waals surface area contributed by atoms with E-state index in [4.69, 9.17) is 0 Å². The van der Waals surface area contributed by atoms with E-state index in [9.17, 15) is 0 Å². The summed E-state index contributed by atoms with van der Waals surface area (Å²) < 4.78 is 2.24. The number of thioether (sulfide) groups is 1. The lowest BCUT2D eigenvalue weighted by molar-refractivity contribution is 0.569. The summed E-state index contributed by atoms with van der Waals surface area (Å²) in [6.45, 7) is 5.35. The maximum Gasteiger partial charge on any atom is 0.0948 e. The summed E-state index contributed by atoms with van der Waals surface area (Å²) in [6.07, 6.45) is 12.6. The number of imidazole rings is 1. The van der Waals surface area contributed by atoms with Crippen LogP contribution in [0.3, 0.4) is 0 Å². The van der Waals surface area contributed by atoms with Gasteiger partial charge in [-0.2, -0.15) is 11.8 Å². The molecule has 0 unspecified atom stereocenters. The van der Waals surface area contributed by atoms with E-state index < -0.39 is 0 Å². The van der Waals surface area contributed by atoms with Crippen molar-refractivity contribution in [1.82, 2.24) is 14.9 Å². The van der Waals surface area contributed by atoms with Crippen LogP contribution >= 0.6 is 11.8 Å². The molecule has 1 rings (SSSR count). The van der Waals surface area contributed by atoms with Crippen molar-refractivity contribution < 1.29 is 0 Å². The SMILES string of the molecule is CCCn1cncc1CNCCCCCCSC. The third-order valence-electron chi connectivity index (χ3n) is 3.02. The second-order valence-electron chi connectivity index (χ2n) is 4.66. The van der Waals surface area contributed by atoms with Crippen LogP contribution in [0.25, 0.3) is 0 Å². The lowest BCUT2D eigenvalue weighted by atomic mass is 10.2. The van der Waals surface area contributed by atoms with Crippen LogP contribution in [0.5, 0.6) is 0 Å². The van der Waals surface area contributed by atoms with Crippen molar-refractivity contribution in [2.45, 2.75) is 52.1 Å².